The van der Waals surface area contributed by atoms with Gasteiger partial charge in [0.05, 0.1) is 17.4 Å². The highest BCUT2D eigenvalue weighted by molar-refractivity contribution is 7.92. The number of halogens is 3. The SMILES string of the molecule is CCn1cc(S(=O)(=O)Nc2cc(C(F)(F)F)ccc2O)cn1. The van der Waals surface area contributed by atoms with E-state index in [1.165, 1.54) is 10.9 Å². The number of nitrogens with one attached hydrogen (secondary N) is 1. The molecule has 0 spiro atoms. The molecule has 10 heteroatoms. The molecule has 0 saturated heterocycles. The molecule has 1 aromatic heterocycles. The largest absolute Gasteiger partial charge is 0.506 e. The number of phenols is 1. The summed E-state index contributed by atoms with van der Waals surface area (Å²) in [6.07, 6.45) is -2.36. The maximum absolute atomic E-state index is 12.6. The Balaban J connectivity index is 2.37. The minimum absolute atomic E-state index is 0.217. The molecule has 120 valence electrons. The van der Waals surface area contributed by atoms with E-state index in [0.29, 0.717) is 18.7 Å². The van der Waals surface area contributed by atoms with E-state index in [9.17, 15) is 26.7 Å². The minimum atomic E-state index is -4.65. The quantitative estimate of drug-likeness (QED) is 0.841. The molecule has 0 saturated carbocycles. The number of alkyl halides is 3. The van der Waals surface area contributed by atoms with Gasteiger partial charge in [0.25, 0.3) is 10.0 Å². The van der Waals surface area contributed by atoms with Gasteiger partial charge in [0, 0.05) is 12.7 Å². The first-order chi connectivity index (χ1) is 10.1. The highest BCUT2D eigenvalue weighted by atomic mass is 32.2. The van der Waals surface area contributed by atoms with Gasteiger partial charge in [0.1, 0.15) is 10.6 Å². The summed E-state index contributed by atoms with van der Waals surface area (Å²) in [7, 11) is -4.15. The highest BCUT2D eigenvalue weighted by Crippen LogP contribution is 2.35. The van der Waals surface area contributed by atoms with E-state index >= 15 is 0 Å². The number of hydrogen-bond acceptors (Lipinski definition) is 4. The van der Waals surface area contributed by atoms with E-state index in [-0.39, 0.29) is 4.90 Å². The fraction of sp³-hybridized carbons (Fsp3) is 0.250. The second-order valence-corrected chi connectivity index (χ2v) is 6.05. The Hall–Kier alpha value is -2.23. The van der Waals surface area contributed by atoms with Crippen molar-refractivity contribution in [2.24, 2.45) is 0 Å². The summed E-state index contributed by atoms with van der Waals surface area (Å²) in [4.78, 5) is -0.217. The van der Waals surface area contributed by atoms with E-state index < -0.39 is 33.2 Å². The maximum atomic E-state index is 12.6. The van der Waals surface area contributed by atoms with Crippen LogP contribution in [-0.2, 0) is 22.7 Å². The number of sulfonamides is 1. The van der Waals surface area contributed by atoms with Gasteiger partial charge in [-0.25, -0.2) is 8.42 Å². The Morgan fingerprint density at radius 2 is 2.05 bits per heavy atom. The Morgan fingerprint density at radius 1 is 1.36 bits per heavy atom. The van der Waals surface area contributed by atoms with Crippen LogP contribution in [0, 0.1) is 0 Å². The smallest absolute Gasteiger partial charge is 0.416 e. The molecule has 0 aliphatic carbocycles. The number of phenolic OH excluding ortho intramolecular Hbond substituents is 1. The molecular weight excluding hydrogens is 323 g/mol. The number of anilines is 1. The summed E-state index contributed by atoms with van der Waals surface area (Å²) in [6.45, 7) is 2.18. The van der Waals surface area contributed by atoms with Crippen LogP contribution in [0.15, 0.2) is 35.5 Å². The van der Waals surface area contributed by atoms with Crippen LogP contribution in [0.3, 0.4) is 0 Å². The average molecular weight is 335 g/mol. The van der Waals surface area contributed by atoms with E-state index in [1.807, 2.05) is 4.72 Å². The van der Waals surface area contributed by atoms with Crippen LogP contribution in [0.4, 0.5) is 18.9 Å². The molecule has 0 unspecified atom stereocenters. The van der Waals surface area contributed by atoms with Gasteiger partial charge in [-0.3, -0.25) is 9.40 Å². The van der Waals surface area contributed by atoms with Gasteiger partial charge in [-0.05, 0) is 25.1 Å². The molecule has 1 heterocycles. The first-order valence-corrected chi connectivity index (χ1v) is 7.57. The Kier molecular flexibility index (Phi) is 4.05. The summed E-state index contributed by atoms with van der Waals surface area (Å²) in [6, 6.07) is 1.95. The lowest BCUT2D eigenvalue weighted by Gasteiger charge is -2.12. The Bertz CT molecular complexity index is 784. The number of aryl methyl sites for hydroxylation is 1. The molecular formula is C12H12F3N3O3S. The highest BCUT2D eigenvalue weighted by Gasteiger charge is 2.31. The fourth-order valence-corrected chi connectivity index (χ4v) is 2.67. The van der Waals surface area contributed by atoms with Gasteiger partial charge in [0.2, 0.25) is 0 Å². The third kappa shape index (κ3) is 3.32. The maximum Gasteiger partial charge on any atom is 0.416 e. The van der Waals surface area contributed by atoms with E-state index in [0.717, 1.165) is 12.3 Å². The lowest BCUT2D eigenvalue weighted by molar-refractivity contribution is -0.137. The van der Waals surface area contributed by atoms with E-state index in [1.54, 1.807) is 6.92 Å². The summed E-state index contributed by atoms with van der Waals surface area (Å²) < 4.78 is 65.3. The van der Waals surface area contributed by atoms with Crippen LogP contribution in [0.5, 0.6) is 5.75 Å². The topological polar surface area (TPSA) is 84.2 Å². The van der Waals surface area contributed by atoms with Gasteiger partial charge in [-0.2, -0.15) is 18.3 Å². The molecule has 0 amide bonds. The second-order valence-electron chi connectivity index (χ2n) is 4.37. The third-order valence-corrected chi connectivity index (χ3v) is 4.13. The van der Waals surface area contributed by atoms with Crippen LogP contribution in [0.25, 0.3) is 0 Å². The summed E-state index contributed by atoms with van der Waals surface area (Å²) >= 11 is 0. The van der Waals surface area contributed by atoms with Crippen molar-refractivity contribution in [3.63, 3.8) is 0 Å². The predicted octanol–water partition coefficient (Wildman–Crippen LogP) is 2.43. The number of benzene rings is 1. The van der Waals surface area contributed by atoms with Gasteiger partial charge in [0.15, 0.2) is 0 Å². The molecule has 0 bridgehead atoms. The summed E-state index contributed by atoms with van der Waals surface area (Å²) in [5.74, 6) is -0.612. The zero-order chi connectivity index (χ0) is 16.5. The van der Waals surface area contributed by atoms with Crippen LogP contribution < -0.4 is 4.72 Å². The standard InChI is InChI=1S/C12H12F3N3O3S/c1-2-18-7-9(6-16-18)22(20,21)17-10-5-8(12(13,14)15)3-4-11(10)19/h3-7,17,19H,2H2,1H3. The molecule has 2 rings (SSSR count). The lowest BCUT2D eigenvalue weighted by Crippen LogP contribution is -2.13. The van der Waals surface area contributed by atoms with E-state index in [4.69, 9.17) is 0 Å². The summed E-state index contributed by atoms with van der Waals surface area (Å²) in [5, 5.41) is 13.3. The van der Waals surface area contributed by atoms with Gasteiger partial charge >= 0.3 is 6.18 Å². The molecule has 22 heavy (non-hydrogen) atoms. The van der Waals surface area contributed by atoms with Gasteiger partial charge < -0.3 is 5.11 Å². The van der Waals surface area contributed by atoms with Crippen molar-refractivity contribution in [2.75, 3.05) is 4.72 Å². The van der Waals surface area contributed by atoms with Crippen LogP contribution >= 0.6 is 0 Å². The lowest BCUT2D eigenvalue weighted by atomic mass is 10.2. The van der Waals surface area contributed by atoms with E-state index in [2.05, 4.69) is 5.10 Å². The molecule has 0 atom stereocenters. The average Bonchev–Trinajstić information content (AvgIpc) is 2.89. The molecule has 0 radical (unpaired) electrons. The number of nitrogens with zero attached hydrogens (tertiary/aromatic N) is 2. The van der Waals surface area contributed by atoms with Crippen molar-refractivity contribution in [3.05, 3.63) is 36.2 Å². The normalized spacial score (nSPS) is 12.4. The second kappa shape index (κ2) is 5.52. The number of hydrogen-bond donors (Lipinski definition) is 2. The van der Waals surface area contributed by atoms with Crippen molar-refractivity contribution < 1.29 is 26.7 Å². The number of aromatic hydroxyl groups is 1. The molecule has 0 fully saturated rings. The van der Waals surface area contributed by atoms with Crippen molar-refractivity contribution in [2.45, 2.75) is 24.5 Å². The molecule has 6 nitrogen and oxygen atoms in total. The monoisotopic (exact) mass is 335 g/mol. The third-order valence-electron chi connectivity index (χ3n) is 2.81. The Labute approximate surface area is 124 Å². The van der Waals surface area contributed by atoms with Crippen LogP contribution in [0.1, 0.15) is 12.5 Å². The zero-order valence-electron chi connectivity index (χ0n) is 11.3. The van der Waals surface area contributed by atoms with Crippen molar-refractivity contribution >= 4 is 15.7 Å². The molecule has 0 aliphatic rings. The van der Waals surface area contributed by atoms with Crippen molar-refractivity contribution in [3.8, 4) is 5.75 Å². The first-order valence-electron chi connectivity index (χ1n) is 6.09. The molecule has 1 aromatic carbocycles. The number of aromatic nitrogens is 2. The predicted molar refractivity (Wildman–Crippen MR) is 71.8 cm³/mol. The van der Waals surface area contributed by atoms with Gasteiger partial charge in [-0.15, -0.1) is 0 Å². The molecule has 2 aromatic rings. The fourth-order valence-electron chi connectivity index (χ4n) is 1.65. The van der Waals surface area contributed by atoms with Crippen LogP contribution in [0.2, 0.25) is 0 Å². The first kappa shape index (κ1) is 16.1. The van der Waals surface area contributed by atoms with Crippen molar-refractivity contribution in [1.29, 1.82) is 0 Å². The zero-order valence-corrected chi connectivity index (χ0v) is 12.1. The summed E-state index contributed by atoms with van der Waals surface area (Å²) in [5.41, 5.74) is -1.63. The Morgan fingerprint density at radius 3 is 2.59 bits per heavy atom. The number of rotatable bonds is 4. The minimum Gasteiger partial charge on any atom is -0.506 e. The van der Waals surface area contributed by atoms with Gasteiger partial charge in [-0.1, -0.05) is 0 Å². The molecule has 0 aliphatic heterocycles. The van der Waals surface area contributed by atoms with Crippen LogP contribution in [-0.4, -0.2) is 23.3 Å². The molecule has 2 N–H and O–H groups in total. The van der Waals surface area contributed by atoms with Crippen molar-refractivity contribution in [1.82, 2.24) is 9.78 Å².